The number of hydrogen-bond donors (Lipinski definition) is 0. The molecular weight excluding hydrogens is 248 g/mol. The average molecular weight is 272 g/mol. The molecule has 0 spiro atoms. The molecule has 0 aliphatic heterocycles. The molecule has 1 fully saturated rings. The zero-order chi connectivity index (χ0) is 14.8. The zero-order valence-corrected chi connectivity index (χ0v) is 12.7. The molecule has 1 aromatic carbocycles. The van der Waals surface area contributed by atoms with Crippen molar-refractivity contribution in [3.8, 4) is 0 Å². The monoisotopic (exact) mass is 272 g/mol. The van der Waals surface area contributed by atoms with Crippen molar-refractivity contribution in [2.24, 2.45) is 11.8 Å². The van der Waals surface area contributed by atoms with E-state index in [2.05, 4.69) is 44.7 Å². The molecule has 2 rings (SSSR count). The fraction of sp³-hybridized carbons (Fsp3) is 0.500. The van der Waals surface area contributed by atoms with Gasteiger partial charge in [0, 0.05) is 5.57 Å². The molecule has 0 saturated heterocycles. The van der Waals surface area contributed by atoms with Crippen molar-refractivity contribution < 1.29 is 9.53 Å². The van der Waals surface area contributed by atoms with Crippen LogP contribution in [0.15, 0.2) is 42.5 Å². The lowest BCUT2D eigenvalue weighted by Gasteiger charge is -2.13. The Bertz CT molecular complexity index is 491. The molecular formula is C18H24O2. The van der Waals surface area contributed by atoms with E-state index < -0.39 is 0 Å². The average Bonchev–Trinajstić information content (AvgIpc) is 3.05. The van der Waals surface area contributed by atoms with Gasteiger partial charge < -0.3 is 4.74 Å². The van der Waals surface area contributed by atoms with Gasteiger partial charge in [-0.05, 0) is 36.2 Å². The number of esters is 1. The lowest BCUT2D eigenvalue weighted by Crippen LogP contribution is -2.10. The van der Waals surface area contributed by atoms with Crippen LogP contribution in [0.25, 0.3) is 0 Å². The third kappa shape index (κ3) is 2.52. The normalized spacial score (nSPS) is 27.9. The van der Waals surface area contributed by atoms with Gasteiger partial charge in [-0.2, -0.15) is 0 Å². The number of rotatable bonds is 6. The van der Waals surface area contributed by atoms with Crippen LogP contribution in [0.5, 0.6) is 0 Å². The highest BCUT2D eigenvalue weighted by atomic mass is 16.5. The van der Waals surface area contributed by atoms with E-state index in [1.807, 2.05) is 13.0 Å². The minimum absolute atomic E-state index is 0.172. The van der Waals surface area contributed by atoms with Gasteiger partial charge in [0.25, 0.3) is 0 Å². The van der Waals surface area contributed by atoms with E-state index in [0.29, 0.717) is 24.0 Å². The summed E-state index contributed by atoms with van der Waals surface area (Å²) in [6.07, 6.45) is 1.87. The predicted molar refractivity (Wildman–Crippen MR) is 81.5 cm³/mol. The Kier molecular flexibility index (Phi) is 4.32. The van der Waals surface area contributed by atoms with Gasteiger partial charge in [0.05, 0.1) is 6.61 Å². The molecule has 0 amide bonds. The first kappa shape index (κ1) is 14.8. The maximum atomic E-state index is 11.7. The van der Waals surface area contributed by atoms with E-state index in [9.17, 15) is 4.79 Å². The molecule has 0 aromatic heterocycles. The van der Waals surface area contributed by atoms with E-state index in [0.717, 1.165) is 12.8 Å². The Hall–Kier alpha value is -1.57. The summed E-state index contributed by atoms with van der Waals surface area (Å²) in [7, 11) is 0. The summed E-state index contributed by atoms with van der Waals surface area (Å²) in [6.45, 7) is 10.7. The molecule has 1 aliphatic rings. The fourth-order valence-electron chi connectivity index (χ4n) is 3.57. The third-order valence-corrected chi connectivity index (χ3v) is 4.78. The van der Waals surface area contributed by atoms with Crippen molar-refractivity contribution in [1.29, 1.82) is 0 Å². The Morgan fingerprint density at radius 2 is 1.90 bits per heavy atom. The Balaban J connectivity index is 2.10. The smallest absolute Gasteiger partial charge is 0.333 e. The second kappa shape index (κ2) is 5.82. The van der Waals surface area contributed by atoms with Crippen LogP contribution in [-0.2, 0) is 14.9 Å². The van der Waals surface area contributed by atoms with Gasteiger partial charge in [-0.1, -0.05) is 57.2 Å². The van der Waals surface area contributed by atoms with Gasteiger partial charge in [-0.15, -0.1) is 0 Å². The third-order valence-electron chi connectivity index (χ3n) is 4.78. The molecule has 0 N–H and O–H groups in total. The highest BCUT2D eigenvalue weighted by Gasteiger charge is 2.60. The van der Waals surface area contributed by atoms with Gasteiger partial charge in [0.15, 0.2) is 0 Å². The van der Waals surface area contributed by atoms with Crippen LogP contribution >= 0.6 is 0 Å². The SMILES string of the molecule is C=C(C[C@H]1[C@@H](CC)[C@]1(C)c1ccccc1)C(=O)OCC. The molecule has 0 heterocycles. The molecule has 2 nitrogen and oxygen atoms in total. The lowest BCUT2D eigenvalue weighted by molar-refractivity contribution is -0.138. The molecule has 20 heavy (non-hydrogen) atoms. The minimum Gasteiger partial charge on any atom is -0.463 e. The lowest BCUT2D eigenvalue weighted by atomic mass is 9.92. The van der Waals surface area contributed by atoms with Crippen molar-refractivity contribution in [3.63, 3.8) is 0 Å². The van der Waals surface area contributed by atoms with Crippen molar-refractivity contribution in [3.05, 3.63) is 48.0 Å². The Labute approximate surface area is 121 Å². The number of hydrogen-bond acceptors (Lipinski definition) is 2. The standard InChI is InChI=1S/C18H24O2/c1-5-15-16(12-13(3)17(19)20-6-2)18(15,4)14-10-8-7-9-11-14/h7-11,15-16H,3,5-6,12H2,1-2,4H3/t15-,16+,18+/m1/s1. The Morgan fingerprint density at radius 3 is 2.45 bits per heavy atom. The minimum atomic E-state index is -0.246. The summed E-state index contributed by atoms with van der Waals surface area (Å²) in [5.41, 5.74) is 2.15. The topological polar surface area (TPSA) is 26.3 Å². The van der Waals surface area contributed by atoms with Crippen LogP contribution in [0.4, 0.5) is 0 Å². The van der Waals surface area contributed by atoms with Crippen molar-refractivity contribution in [2.75, 3.05) is 6.61 Å². The molecule has 108 valence electrons. The number of carbonyl (C=O) groups is 1. The molecule has 3 atom stereocenters. The first-order valence-electron chi connectivity index (χ1n) is 7.46. The van der Waals surface area contributed by atoms with Gasteiger partial charge in [0.1, 0.15) is 0 Å². The highest BCUT2D eigenvalue weighted by molar-refractivity contribution is 5.87. The summed E-state index contributed by atoms with van der Waals surface area (Å²) in [5.74, 6) is 0.868. The molecule has 0 bridgehead atoms. The molecule has 1 saturated carbocycles. The molecule has 1 aliphatic carbocycles. The largest absolute Gasteiger partial charge is 0.463 e. The number of benzene rings is 1. The van der Waals surface area contributed by atoms with Crippen LogP contribution in [0, 0.1) is 11.8 Å². The van der Waals surface area contributed by atoms with Gasteiger partial charge in [0.2, 0.25) is 0 Å². The van der Waals surface area contributed by atoms with Crippen LogP contribution < -0.4 is 0 Å². The van der Waals surface area contributed by atoms with Crippen LogP contribution in [0.1, 0.15) is 39.2 Å². The summed E-state index contributed by atoms with van der Waals surface area (Å²) < 4.78 is 5.04. The van der Waals surface area contributed by atoms with Crippen LogP contribution in [-0.4, -0.2) is 12.6 Å². The first-order valence-corrected chi connectivity index (χ1v) is 7.46. The summed E-state index contributed by atoms with van der Waals surface area (Å²) in [5, 5.41) is 0. The summed E-state index contributed by atoms with van der Waals surface area (Å²) in [4.78, 5) is 11.7. The van der Waals surface area contributed by atoms with E-state index in [1.165, 1.54) is 5.56 Å². The molecule has 1 aromatic rings. The summed E-state index contributed by atoms with van der Waals surface area (Å²) in [6, 6.07) is 10.6. The predicted octanol–water partition coefficient (Wildman–Crippen LogP) is 4.11. The second-order valence-corrected chi connectivity index (χ2v) is 5.80. The van der Waals surface area contributed by atoms with Crippen molar-refractivity contribution in [2.45, 2.75) is 39.0 Å². The quantitative estimate of drug-likeness (QED) is 0.575. The molecule has 0 unspecified atom stereocenters. The first-order chi connectivity index (χ1) is 9.55. The maximum absolute atomic E-state index is 11.7. The van der Waals surface area contributed by atoms with Gasteiger partial charge in [-0.25, -0.2) is 4.79 Å². The van der Waals surface area contributed by atoms with Crippen LogP contribution in [0.3, 0.4) is 0 Å². The molecule has 0 radical (unpaired) electrons. The van der Waals surface area contributed by atoms with Gasteiger partial charge >= 0.3 is 5.97 Å². The fourth-order valence-corrected chi connectivity index (χ4v) is 3.57. The highest BCUT2D eigenvalue weighted by Crippen LogP contribution is 2.63. The number of carbonyl (C=O) groups excluding carboxylic acids is 1. The van der Waals surface area contributed by atoms with Crippen molar-refractivity contribution >= 4 is 5.97 Å². The van der Waals surface area contributed by atoms with Gasteiger partial charge in [-0.3, -0.25) is 0 Å². The molecule has 2 heteroatoms. The maximum Gasteiger partial charge on any atom is 0.333 e. The van der Waals surface area contributed by atoms with E-state index in [-0.39, 0.29) is 11.4 Å². The van der Waals surface area contributed by atoms with E-state index >= 15 is 0 Å². The Morgan fingerprint density at radius 1 is 1.25 bits per heavy atom. The summed E-state index contributed by atoms with van der Waals surface area (Å²) >= 11 is 0. The second-order valence-electron chi connectivity index (χ2n) is 5.80. The van der Waals surface area contributed by atoms with Crippen LogP contribution in [0.2, 0.25) is 0 Å². The van der Waals surface area contributed by atoms with E-state index in [1.54, 1.807) is 0 Å². The van der Waals surface area contributed by atoms with E-state index in [4.69, 9.17) is 4.74 Å². The number of ether oxygens (including phenoxy) is 1. The zero-order valence-electron chi connectivity index (χ0n) is 12.7. The van der Waals surface area contributed by atoms with Crippen molar-refractivity contribution in [1.82, 2.24) is 0 Å².